The first-order valence-corrected chi connectivity index (χ1v) is 7.19. The van der Waals surface area contributed by atoms with Gasteiger partial charge in [-0.05, 0) is 29.8 Å². The highest BCUT2D eigenvalue weighted by molar-refractivity contribution is 5.27. The Morgan fingerprint density at radius 3 is 2.55 bits per heavy atom. The zero-order valence-corrected chi connectivity index (χ0v) is 12.7. The lowest BCUT2D eigenvalue weighted by Crippen LogP contribution is -2.36. The topological polar surface area (TPSA) is 77.5 Å². The minimum Gasteiger partial charge on any atom is -0.497 e. The van der Waals surface area contributed by atoms with Gasteiger partial charge in [0.15, 0.2) is 0 Å². The molecule has 0 fully saturated rings. The van der Waals surface area contributed by atoms with Gasteiger partial charge in [0.05, 0.1) is 13.4 Å². The van der Waals surface area contributed by atoms with Crippen LogP contribution in [0.25, 0.3) is 0 Å². The average Bonchev–Trinajstić information content (AvgIpc) is 3.05. The molecule has 0 aliphatic rings. The van der Waals surface area contributed by atoms with Gasteiger partial charge < -0.3 is 9.15 Å². The molecule has 0 aliphatic carbocycles. The molecule has 0 saturated carbocycles. The second kappa shape index (κ2) is 7.61. The van der Waals surface area contributed by atoms with Gasteiger partial charge in [-0.2, -0.15) is 0 Å². The zero-order chi connectivity index (χ0) is 15.9. The summed E-state index contributed by atoms with van der Waals surface area (Å²) in [4.78, 5) is 11.0. The summed E-state index contributed by atoms with van der Waals surface area (Å²) >= 11 is 0. The van der Waals surface area contributed by atoms with Crippen molar-refractivity contribution in [2.75, 3.05) is 7.11 Å². The zero-order valence-electron chi connectivity index (χ0n) is 12.7. The molecule has 2 atom stereocenters. The number of ether oxygens (including phenoxy) is 1. The minimum absolute atomic E-state index is 0.256. The third kappa shape index (κ3) is 3.85. The molecule has 0 bridgehead atoms. The standard InChI is InChI=1S/C16H20N2O4/c1-3-14(18(19)20)16(15-5-4-10-22-15)17-11-12-6-8-13(21-2)9-7-12/h4-10,14,16-17H,3,11H2,1-2H3/t14-,16+/m1/s1. The Labute approximate surface area is 129 Å². The van der Waals surface area contributed by atoms with Gasteiger partial charge in [0, 0.05) is 17.9 Å². The molecule has 1 N–H and O–H groups in total. The quantitative estimate of drug-likeness (QED) is 0.598. The Bertz CT molecular complexity index is 581. The van der Waals surface area contributed by atoms with E-state index in [4.69, 9.17) is 9.15 Å². The number of nitro groups is 1. The van der Waals surface area contributed by atoms with Crippen molar-refractivity contribution < 1.29 is 14.1 Å². The van der Waals surface area contributed by atoms with E-state index in [0.717, 1.165) is 11.3 Å². The van der Waals surface area contributed by atoms with Gasteiger partial charge in [0.25, 0.3) is 0 Å². The number of hydrogen-bond acceptors (Lipinski definition) is 5. The molecular formula is C16H20N2O4. The van der Waals surface area contributed by atoms with Gasteiger partial charge in [-0.15, -0.1) is 0 Å². The predicted octanol–water partition coefficient (Wildman–Crippen LogP) is 3.17. The van der Waals surface area contributed by atoms with E-state index in [9.17, 15) is 10.1 Å². The number of hydrogen-bond donors (Lipinski definition) is 1. The van der Waals surface area contributed by atoms with Crippen molar-refractivity contribution in [3.8, 4) is 5.75 Å². The van der Waals surface area contributed by atoms with Crippen LogP contribution in [0.2, 0.25) is 0 Å². The van der Waals surface area contributed by atoms with Crippen molar-refractivity contribution in [2.24, 2.45) is 0 Å². The molecule has 2 aromatic rings. The van der Waals surface area contributed by atoms with Crippen LogP contribution in [0.15, 0.2) is 47.1 Å². The van der Waals surface area contributed by atoms with E-state index in [0.29, 0.717) is 18.7 Å². The van der Waals surface area contributed by atoms with Gasteiger partial charge in [-0.25, -0.2) is 0 Å². The lowest BCUT2D eigenvalue weighted by atomic mass is 10.0. The van der Waals surface area contributed by atoms with Crippen LogP contribution in [-0.2, 0) is 6.54 Å². The lowest BCUT2D eigenvalue weighted by Gasteiger charge is -2.19. The second-order valence-electron chi connectivity index (χ2n) is 4.98. The maximum Gasteiger partial charge on any atom is 0.235 e. The van der Waals surface area contributed by atoms with Crippen molar-refractivity contribution >= 4 is 0 Å². The summed E-state index contributed by atoms with van der Waals surface area (Å²) in [6.45, 7) is 2.32. The van der Waals surface area contributed by atoms with Crippen molar-refractivity contribution in [1.82, 2.24) is 5.32 Å². The fraction of sp³-hybridized carbons (Fsp3) is 0.375. The molecule has 0 aliphatic heterocycles. The maximum atomic E-state index is 11.3. The van der Waals surface area contributed by atoms with E-state index < -0.39 is 12.1 Å². The molecule has 1 aromatic carbocycles. The van der Waals surface area contributed by atoms with Crippen molar-refractivity contribution in [1.29, 1.82) is 0 Å². The molecule has 1 heterocycles. The largest absolute Gasteiger partial charge is 0.497 e. The van der Waals surface area contributed by atoms with E-state index >= 15 is 0 Å². The molecule has 118 valence electrons. The minimum atomic E-state index is -0.732. The molecule has 0 radical (unpaired) electrons. The van der Waals surface area contributed by atoms with Gasteiger partial charge in [0.1, 0.15) is 17.6 Å². The highest BCUT2D eigenvalue weighted by Crippen LogP contribution is 2.22. The summed E-state index contributed by atoms with van der Waals surface area (Å²) in [6, 6.07) is 9.90. The Balaban J connectivity index is 2.10. The molecular weight excluding hydrogens is 284 g/mol. The maximum absolute atomic E-state index is 11.3. The summed E-state index contributed by atoms with van der Waals surface area (Å²) in [5.74, 6) is 1.36. The first kappa shape index (κ1) is 16.0. The van der Waals surface area contributed by atoms with Crippen LogP contribution >= 0.6 is 0 Å². The first-order chi connectivity index (χ1) is 10.7. The number of nitrogens with one attached hydrogen (secondary N) is 1. The normalized spacial score (nSPS) is 13.5. The van der Waals surface area contributed by atoms with Crippen molar-refractivity contribution in [3.05, 3.63) is 64.1 Å². The van der Waals surface area contributed by atoms with E-state index in [1.54, 1.807) is 26.2 Å². The summed E-state index contributed by atoms with van der Waals surface area (Å²) in [7, 11) is 1.61. The Hall–Kier alpha value is -2.34. The number of benzene rings is 1. The number of furan rings is 1. The summed E-state index contributed by atoms with van der Waals surface area (Å²) in [5, 5.41) is 14.5. The van der Waals surface area contributed by atoms with Crippen LogP contribution < -0.4 is 10.1 Å². The molecule has 22 heavy (non-hydrogen) atoms. The third-order valence-electron chi connectivity index (χ3n) is 3.61. The SMILES string of the molecule is CC[C@H]([C@H](NCc1ccc(OC)cc1)c1ccco1)[N+](=O)[O-]. The Morgan fingerprint density at radius 2 is 2.05 bits per heavy atom. The van der Waals surface area contributed by atoms with Gasteiger partial charge in [-0.3, -0.25) is 15.4 Å². The van der Waals surface area contributed by atoms with Crippen LogP contribution in [-0.4, -0.2) is 18.1 Å². The second-order valence-corrected chi connectivity index (χ2v) is 4.98. The fourth-order valence-electron chi connectivity index (χ4n) is 2.37. The lowest BCUT2D eigenvalue weighted by molar-refractivity contribution is -0.529. The average molecular weight is 304 g/mol. The molecule has 2 rings (SSSR count). The third-order valence-corrected chi connectivity index (χ3v) is 3.61. The summed E-state index contributed by atoms with van der Waals surface area (Å²) in [6.07, 6.45) is 1.96. The van der Waals surface area contributed by atoms with E-state index in [1.807, 2.05) is 24.3 Å². The predicted molar refractivity (Wildman–Crippen MR) is 82.4 cm³/mol. The van der Waals surface area contributed by atoms with Crippen molar-refractivity contribution in [3.63, 3.8) is 0 Å². The van der Waals surface area contributed by atoms with Gasteiger partial charge in [0.2, 0.25) is 6.04 Å². The number of rotatable bonds is 8. The highest BCUT2D eigenvalue weighted by Gasteiger charge is 2.32. The van der Waals surface area contributed by atoms with Gasteiger partial charge >= 0.3 is 0 Å². The molecule has 6 nitrogen and oxygen atoms in total. The highest BCUT2D eigenvalue weighted by atomic mass is 16.6. The van der Waals surface area contributed by atoms with Crippen LogP contribution in [0.3, 0.4) is 0 Å². The molecule has 0 spiro atoms. The Kier molecular flexibility index (Phi) is 5.55. The van der Waals surface area contributed by atoms with Crippen LogP contribution in [0.1, 0.15) is 30.7 Å². The van der Waals surface area contributed by atoms with E-state index in [-0.39, 0.29) is 4.92 Å². The van der Waals surface area contributed by atoms with E-state index in [2.05, 4.69) is 5.32 Å². The molecule has 0 amide bonds. The molecule has 0 unspecified atom stereocenters. The first-order valence-electron chi connectivity index (χ1n) is 7.19. The monoisotopic (exact) mass is 304 g/mol. The van der Waals surface area contributed by atoms with Crippen molar-refractivity contribution in [2.45, 2.75) is 32.0 Å². The van der Waals surface area contributed by atoms with E-state index in [1.165, 1.54) is 6.26 Å². The summed E-state index contributed by atoms with van der Waals surface area (Å²) in [5.41, 5.74) is 1.02. The number of nitrogens with zero attached hydrogens (tertiary/aromatic N) is 1. The number of methoxy groups -OCH3 is 1. The summed E-state index contributed by atoms with van der Waals surface area (Å²) < 4.78 is 10.5. The fourth-order valence-corrected chi connectivity index (χ4v) is 2.37. The smallest absolute Gasteiger partial charge is 0.235 e. The van der Waals surface area contributed by atoms with Crippen LogP contribution in [0, 0.1) is 10.1 Å². The molecule has 6 heteroatoms. The van der Waals surface area contributed by atoms with Crippen LogP contribution in [0.5, 0.6) is 5.75 Å². The molecule has 1 aromatic heterocycles. The van der Waals surface area contributed by atoms with Crippen LogP contribution in [0.4, 0.5) is 0 Å². The Morgan fingerprint density at radius 1 is 1.32 bits per heavy atom. The van der Waals surface area contributed by atoms with Gasteiger partial charge in [-0.1, -0.05) is 19.1 Å². The molecule has 0 saturated heterocycles.